The van der Waals surface area contributed by atoms with Crippen molar-refractivity contribution < 1.29 is 19.1 Å². The summed E-state index contributed by atoms with van der Waals surface area (Å²) in [5.74, 6) is -0.625. The van der Waals surface area contributed by atoms with E-state index in [9.17, 15) is 9.90 Å². The topological polar surface area (TPSA) is 59.7 Å². The lowest BCUT2D eigenvalue weighted by molar-refractivity contribution is -0.154. The molecule has 0 amide bonds. The van der Waals surface area contributed by atoms with Crippen molar-refractivity contribution in [1.82, 2.24) is 0 Å². The second-order valence-electron chi connectivity index (χ2n) is 2.98. The molecule has 0 aliphatic heterocycles. The van der Waals surface area contributed by atoms with Crippen LogP contribution in [0.25, 0.3) is 0 Å². The summed E-state index contributed by atoms with van der Waals surface area (Å²) in [6.07, 6.45) is 3.26. The first kappa shape index (κ1) is 10.8. The molecule has 0 fully saturated rings. The van der Waals surface area contributed by atoms with E-state index in [1.54, 1.807) is 0 Å². The molecular formula is C10H14O4. The third-order valence-corrected chi connectivity index (χ3v) is 1.82. The highest BCUT2D eigenvalue weighted by atomic mass is 16.5. The highest BCUT2D eigenvalue weighted by Crippen LogP contribution is 2.14. The number of aliphatic hydroxyl groups is 1. The molecule has 0 aliphatic carbocycles. The molecule has 78 valence electrons. The van der Waals surface area contributed by atoms with Crippen LogP contribution < -0.4 is 0 Å². The van der Waals surface area contributed by atoms with Crippen LogP contribution in [0.5, 0.6) is 0 Å². The highest BCUT2D eigenvalue weighted by molar-refractivity contribution is 5.75. The summed E-state index contributed by atoms with van der Waals surface area (Å²) in [7, 11) is 0. The second-order valence-corrected chi connectivity index (χ2v) is 2.98. The first-order valence-corrected chi connectivity index (χ1v) is 4.62. The van der Waals surface area contributed by atoms with E-state index in [0.29, 0.717) is 12.2 Å². The molecule has 1 atom stereocenters. The summed E-state index contributed by atoms with van der Waals surface area (Å²) in [4.78, 5) is 11.2. The molecule has 4 nitrogen and oxygen atoms in total. The van der Waals surface area contributed by atoms with Gasteiger partial charge in [-0.25, -0.2) is 4.79 Å². The van der Waals surface area contributed by atoms with E-state index in [1.807, 2.05) is 6.92 Å². The Morgan fingerprint density at radius 3 is 3.07 bits per heavy atom. The Morgan fingerprint density at radius 1 is 1.71 bits per heavy atom. The first-order chi connectivity index (χ1) is 6.75. The van der Waals surface area contributed by atoms with Gasteiger partial charge >= 0.3 is 5.97 Å². The maximum Gasteiger partial charge on any atom is 0.339 e. The predicted molar refractivity (Wildman–Crippen MR) is 49.5 cm³/mol. The fraction of sp³-hybridized carbons (Fsp3) is 0.500. The average Bonchev–Trinajstić information content (AvgIpc) is 2.69. The Balaban J connectivity index is 2.37. The summed E-state index contributed by atoms with van der Waals surface area (Å²) in [5, 5.41) is 9.44. The molecule has 0 radical (unpaired) electrons. The van der Waals surface area contributed by atoms with Crippen molar-refractivity contribution in [1.29, 1.82) is 0 Å². The van der Waals surface area contributed by atoms with Crippen LogP contribution in [0.15, 0.2) is 23.0 Å². The number of furan rings is 1. The highest BCUT2D eigenvalue weighted by Gasteiger charge is 2.19. The molecule has 1 heterocycles. The molecule has 1 aromatic rings. The molecule has 14 heavy (non-hydrogen) atoms. The average molecular weight is 198 g/mol. The van der Waals surface area contributed by atoms with E-state index in [0.717, 1.165) is 12.8 Å². The molecule has 1 unspecified atom stereocenters. The molecule has 1 aromatic heterocycles. The predicted octanol–water partition coefficient (Wildman–Crippen LogP) is 1.66. The summed E-state index contributed by atoms with van der Waals surface area (Å²) in [5.41, 5.74) is 0.423. The number of hydrogen-bond acceptors (Lipinski definition) is 4. The van der Waals surface area contributed by atoms with Gasteiger partial charge < -0.3 is 14.3 Å². The zero-order valence-corrected chi connectivity index (χ0v) is 8.10. The van der Waals surface area contributed by atoms with Crippen LogP contribution in [-0.4, -0.2) is 17.7 Å². The molecule has 0 aliphatic rings. The van der Waals surface area contributed by atoms with Gasteiger partial charge in [0.2, 0.25) is 0 Å². The molecule has 0 saturated carbocycles. The third-order valence-electron chi connectivity index (χ3n) is 1.82. The van der Waals surface area contributed by atoms with Crippen LogP contribution in [0.3, 0.4) is 0 Å². The Morgan fingerprint density at radius 2 is 2.50 bits per heavy atom. The Kier molecular flexibility index (Phi) is 4.19. The van der Waals surface area contributed by atoms with Gasteiger partial charge in [0.15, 0.2) is 6.10 Å². The molecule has 1 rings (SSSR count). The number of hydrogen-bond donors (Lipinski definition) is 1. The number of ether oxygens (including phenoxy) is 1. The maximum atomic E-state index is 11.2. The van der Waals surface area contributed by atoms with Gasteiger partial charge in [-0.1, -0.05) is 13.3 Å². The summed E-state index contributed by atoms with van der Waals surface area (Å²) in [6, 6.07) is 1.53. The fourth-order valence-corrected chi connectivity index (χ4v) is 0.963. The van der Waals surface area contributed by atoms with Gasteiger partial charge in [0.25, 0.3) is 0 Å². The summed E-state index contributed by atoms with van der Waals surface area (Å²) >= 11 is 0. The zero-order chi connectivity index (χ0) is 10.4. The SMILES string of the molecule is CCCCOC(=O)C(O)c1ccoc1. The number of aliphatic hydroxyl groups excluding tert-OH is 1. The lowest BCUT2D eigenvalue weighted by Crippen LogP contribution is -2.15. The monoisotopic (exact) mass is 198 g/mol. The number of rotatable bonds is 5. The summed E-state index contributed by atoms with van der Waals surface area (Å²) < 4.78 is 9.58. The Hall–Kier alpha value is -1.29. The number of carbonyl (C=O) groups excluding carboxylic acids is 1. The molecule has 0 saturated heterocycles. The molecule has 4 heteroatoms. The summed E-state index contributed by atoms with van der Waals surface area (Å²) in [6.45, 7) is 2.35. The van der Waals surface area contributed by atoms with E-state index < -0.39 is 12.1 Å². The zero-order valence-electron chi connectivity index (χ0n) is 8.10. The third kappa shape index (κ3) is 2.88. The van der Waals surface area contributed by atoms with Crippen LogP contribution in [0, 0.1) is 0 Å². The van der Waals surface area contributed by atoms with Crippen LogP contribution in [0.1, 0.15) is 31.4 Å². The van der Waals surface area contributed by atoms with E-state index >= 15 is 0 Å². The van der Waals surface area contributed by atoms with Crippen molar-refractivity contribution >= 4 is 5.97 Å². The second kappa shape index (κ2) is 5.44. The molecule has 0 spiro atoms. The fourth-order valence-electron chi connectivity index (χ4n) is 0.963. The van der Waals surface area contributed by atoms with Crippen LogP contribution >= 0.6 is 0 Å². The minimum absolute atomic E-state index is 0.351. The van der Waals surface area contributed by atoms with Gasteiger partial charge in [-0.3, -0.25) is 0 Å². The standard InChI is InChI=1S/C10H14O4/c1-2-3-5-14-10(12)9(11)8-4-6-13-7-8/h4,6-7,9,11H,2-3,5H2,1H3. The van der Waals surface area contributed by atoms with Crippen molar-refractivity contribution in [3.05, 3.63) is 24.2 Å². The van der Waals surface area contributed by atoms with Crippen molar-refractivity contribution in [2.24, 2.45) is 0 Å². The first-order valence-electron chi connectivity index (χ1n) is 4.62. The molecular weight excluding hydrogens is 184 g/mol. The van der Waals surface area contributed by atoms with E-state index in [-0.39, 0.29) is 0 Å². The van der Waals surface area contributed by atoms with E-state index in [4.69, 9.17) is 9.15 Å². The van der Waals surface area contributed by atoms with E-state index in [1.165, 1.54) is 18.6 Å². The Bertz CT molecular complexity index is 266. The molecule has 1 N–H and O–H groups in total. The van der Waals surface area contributed by atoms with Gasteiger partial charge in [0.05, 0.1) is 19.1 Å². The largest absolute Gasteiger partial charge is 0.472 e. The minimum Gasteiger partial charge on any atom is -0.472 e. The molecule has 0 bridgehead atoms. The van der Waals surface area contributed by atoms with Gasteiger partial charge in [-0.05, 0) is 12.5 Å². The van der Waals surface area contributed by atoms with Crippen molar-refractivity contribution in [2.45, 2.75) is 25.9 Å². The van der Waals surface area contributed by atoms with Crippen molar-refractivity contribution in [3.8, 4) is 0 Å². The quantitative estimate of drug-likeness (QED) is 0.577. The number of carbonyl (C=O) groups is 1. The lowest BCUT2D eigenvalue weighted by atomic mass is 10.2. The normalized spacial score (nSPS) is 12.4. The van der Waals surface area contributed by atoms with Crippen LogP contribution in [-0.2, 0) is 9.53 Å². The number of esters is 1. The van der Waals surface area contributed by atoms with Gasteiger partial charge in [0, 0.05) is 5.56 Å². The van der Waals surface area contributed by atoms with Crippen LogP contribution in [0.4, 0.5) is 0 Å². The van der Waals surface area contributed by atoms with Gasteiger partial charge in [0.1, 0.15) is 0 Å². The number of unbranched alkanes of at least 4 members (excludes halogenated alkanes) is 1. The molecule has 0 aromatic carbocycles. The van der Waals surface area contributed by atoms with Crippen LogP contribution in [0.2, 0.25) is 0 Å². The maximum absolute atomic E-state index is 11.2. The van der Waals surface area contributed by atoms with Crippen molar-refractivity contribution in [3.63, 3.8) is 0 Å². The minimum atomic E-state index is -1.23. The van der Waals surface area contributed by atoms with Gasteiger partial charge in [-0.15, -0.1) is 0 Å². The smallest absolute Gasteiger partial charge is 0.339 e. The Labute approximate surface area is 82.5 Å². The van der Waals surface area contributed by atoms with E-state index in [2.05, 4.69) is 0 Å². The lowest BCUT2D eigenvalue weighted by Gasteiger charge is -2.07. The van der Waals surface area contributed by atoms with Gasteiger partial charge in [-0.2, -0.15) is 0 Å². The van der Waals surface area contributed by atoms with Crippen molar-refractivity contribution in [2.75, 3.05) is 6.61 Å².